The van der Waals surface area contributed by atoms with E-state index in [1.165, 1.54) is 0 Å². The van der Waals surface area contributed by atoms with Gasteiger partial charge >= 0.3 is 0 Å². The lowest BCUT2D eigenvalue weighted by molar-refractivity contribution is 0.174. The Morgan fingerprint density at radius 2 is 1.88 bits per heavy atom. The van der Waals surface area contributed by atoms with Crippen LogP contribution < -0.4 is 15.2 Å². The van der Waals surface area contributed by atoms with Crippen molar-refractivity contribution in [2.24, 2.45) is 5.10 Å². The number of fused-ring (bicyclic) bond motifs is 3. The Bertz CT molecular complexity index is 1030. The van der Waals surface area contributed by atoms with Gasteiger partial charge in [-0.15, -0.1) is 0 Å². The summed E-state index contributed by atoms with van der Waals surface area (Å²) >= 11 is 0. The maximum Gasteiger partial charge on any atom is 0.231 e. The van der Waals surface area contributed by atoms with Gasteiger partial charge < -0.3 is 15.2 Å². The molecule has 3 heterocycles. The highest BCUT2D eigenvalue weighted by molar-refractivity contribution is 6.14. The van der Waals surface area contributed by atoms with E-state index in [1.807, 2.05) is 47.3 Å². The van der Waals surface area contributed by atoms with Gasteiger partial charge in [-0.25, -0.2) is 9.66 Å². The van der Waals surface area contributed by atoms with E-state index in [1.54, 1.807) is 0 Å². The van der Waals surface area contributed by atoms with E-state index in [0.29, 0.717) is 6.42 Å². The molecular weight excluding hydrogens is 328 g/mol. The zero-order valence-corrected chi connectivity index (χ0v) is 14.4. The molecule has 0 unspecified atom stereocenters. The topological polar surface area (TPSA) is 74.7 Å². The van der Waals surface area contributed by atoms with Crippen molar-refractivity contribution in [1.29, 1.82) is 0 Å². The van der Waals surface area contributed by atoms with E-state index in [0.717, 1.165) is 57.5 Å². The van der Waals surface area contributed by atoms with Gasteiger partial charge in [0.1, 0.15) is 5.82 Å². The number of imidazole rings is 1. The van der Waals surface area contributed by atoms with Gasteiger partial charge in [-0.1, -0.05) is 19.1 Å². The molecule has 0 radical (unpaired) electrons. The largest absolute Gasteiger partial charge is 0.454 e. The molecule has 0 saturated heterocycles. The van der Waals surface area contributed by atoms with E-state index in [4.69, 9.17) is 20.3 Å². The number of aryl methyl sites for hydroxylation is 1. The van der Waals surface area contributed by atoms with Gasteiger partial charge in [-0.3, -0.25) is 0 Å². The Balaban J connectivity index is 1.77. The summed E-state index contributed by atoms with van der Waals surface area (Å²) in [5.41, 5.74) is 11.7. The molecule has 3 aromatic rings. The van der Waals surface area contributed by atoms with Gasteiger partial charge in [-0.05, 0) is 36.2 Å². The molecule has 6 nitrogen and oxygen atoms in total. The lowest BCUT2D eigenvalue weighted by Gasteiger charge is -2.11. The number of nitrogens with two attached hydrogens (primary N) is 1. The predicted molar refractivity (Wildman–Crippen MR) is 98.9 cm³/mol. The van der Waals surface area contributed by atoms with Crippen LogP contribution in [0.25, 0.3) is 0 Å². The van der Waals surface area contributed by atoms with Crippen molar-refractivity contribution in [3.05, 3.63) is 70.8 Å². The number of nitrogens with zero attached hydrogens (tertiary/aromatic N) is 3. The zero-order chi connectivity index (χ0) is 17.7. The lowest BCUT2D eigenvalue weighted by Crippen LogP contribution is -2.08. The third-order valence-electron chi connectivity index (χ3n) is 4.83. The van der Waals surface area contributed by atoms with Gasteiger partial charge in [-0.2, -0.15) is 5.10 Å². The summed E-state index contributed by atoms with van der Waals surface area (Å²) in [6.07, 6.45) is 3.45. The third-order valence-corrected chi connectivity index (χ3v) is 4.83. The number of benzene rings is 2. The van der Waals surface area contributed by atoms with Crippen LogP contribution in [-0.4, -0.2) is 22.2 Å². The number of nitrogen functional groups attached to an aromatic ring is 1. The fraction of sp³-hybridized carbons (Fsp3) is 0.200. The first-order chi connectivity index (χ1) is 12.7. The standard InChI is InChI=1S/C20H18N4O2/c1-2-15-10-22-19-8-13-7-17-18(26-11-25-17)9-16(13)20(23-24(15)19)12-3-5-14(21)6-4-12/h3-7,9-10H,2,8,11,21H2,1H3. The molecule has 2 N–H and O–H groups in total. The van der Waals surface area contributed by atoms with Crippen LogP contribution in [0, 0.1) is 0 Å². The van der Waals surface area contributed by atoms with Crippen LogP contribution in [0.4, 0.5) is 5.69 Å². The number of ether oxygens (including phenoxy) is 2. The number of rotatable bonds is 2. The third kappa shape index (κ3) is 2.26. The second-order valence-corrected chi connectivity index (χ2v) is 6.44. The lowest BCUT2D eigenvalue weighted by atomic mass is 9.95. The maximum atomic E-state index is 5.87. The first-order valence-corrected chi connectivity index (χ1v) is 8.66. The van der Waals surface area contributed by atoms with Gasteiger partial charge in [0.2, 0.25) is 6.79 Å². The molecule has 0 bridgehead atoms. The number of hydrogen-bond acceptors (Lipinski definition) is 5. The number of hydrogen-bond donors (Lipinski definition) is 1. The van der Waals surface area contributed by atoms with Crippen molar-refractivity contribution in [1.82, 2.24) is 9.66 Å². The van der Waals surface area contributed by atoms with Gasteiger partial charge in [0.15, 0.2) is 11.5 Å². The molecule has 0 spiro atoms. The summed E-state index contributed by atoms with van der Waals surface area (Å²) in [7, 11) is 0. The van der Waals surface area contributed by atoms with Crippen LogP contribution in [0.5, 0.6) is 11.5 Å². The van der Waals surface area contributed by atoms with Crippen LogP contribution in [-0.2, 0) is 12.8 Å². The molecule has 6 heteroatoms. The second-order valence-electron chi connectivity index (χ2n) is 6.44. The predicted octanol–water partition coefficient (Wildman–Crippen LogP) is 2.96. The highest BCUT2D eigenvalue weighted by atomic mass is 16.7. The molecule has 0 atom stereocenters. The number of anilines is 1. The highest BCUT2D eigenvalue weighted by Gasteiger charge is 2.25. The Morgan fingerprint density at radius 1 is 1.12 bits per heavy atom. The summed E-state index contributed by atoms with van der Waals surface area (Å²) < 4.78 is 13.1. The van der Waals surface area contributed by atoms with E-state index >= 15 is 0 Å². The quantitative estimate of drug-likeness (QED) is 0.566. The highest BCUT2D eigenvalue weighted by Crippen LogP contribution is 2.37. The minimum atomic E-state index is 0.251. The molecule has 2 aliphatic heterocycles. The van der Waals surface area contributed by atoms with E-state index < -0.39 is 0 Å². The van der Waals surface area contributed by atoms with Crippen LogP contribution in [0.15, 0.2) is 47.7 Å². The van der Waals surface area contributed by atoms with Crippen molar-refractivity contribution in [2.45, 2.75) is 19.8 Å². The van der Waals surface area contributed by atoms with Gasteiger partial charge in [0.05, 0.1) is 17.6 Å². The average molecular weight is 346 g/mol. The molecule has 5 rings (SSSR count). The first-order valence-electron chi connectivity index (χ1n) is 8.66. The molecular formula is C20H18N4O2. The van der Waals surface area contributed by atoms with Crippen LogP contribution in [0.2, 0.25) is 0 Å². The number of aromatic nitrogens is 2. The molecule has 0 fully saturated rings. The normalized spacial score (nSPS) is 14.4. The van der Waals surface area contributed by atoms with Crippen LogP contribution in [0.1, 0.15) is 35.1 Å². The molecule has 0 aliphatic carbocycles. The van der Waals surface area contributed by atoms with Crippen LogP contribution >= 0.6 is 0 Å². The summed E-state index contributed by atoms with van der Waals surface area (Å²) in [5, 5.41) is 4.97. The second kappa shape index (κ2) is 5.62. The minimum absolute atomic E-state index is 0.251. The molecule has 26 heavy (non-hydrogen) atoms. The Labute approximate surface area is 150 Å². The summed E-state index contributed by atoms with van der Waals surface area (Å²) in [6.45, 7) is 2.36. The van der Waals surface area contributed by atoms with Crippen molar-refractivity contribution in [3.8, 4) is 11.5 Å². The van der Waals surface area contributed by atoms with E-state index in [2.05, 4.69) is 11.9 Å². The fourth-order valence-corrected chi connectivity index (χ4v) is 3.44. The maximum absolute atomic E-state index is 5.87. The molecule has 2 aromatic carbocycles. The Hall–Kier alpha value is -3.28. The van der Waals surface area contributed by atoms with Crippen molar-refractivity contribution in [2.75, 3.05) is 12.5 Å². The molecule has 1 aromatic heterocycles. The SMILES string of the molecule is CCc1cnc2n1N=C(c1ccc(N)cc1)c1cc3c(cc1C2)OCO3. The van der Waals surface area contributed by atoms with Crippen molar-refractivity contribution < 1.29 is 9.47 Å². The molecule has 2 aliphatic rings. The summed E-state index contributed by atoms with van der Waals surface area (Å²) in [4.78, 5) is 4.59. The van der Waals surface area contributed by atoms with E-state index in [9.17, 15) is 0 Å². The van der Waals surface area contributed by atoms with Gasteiger partial charge in [0, 0.05) is 23.2 Å². The monoisotopic (exact) mass is 346 g/mol. The van der Waals surface area contributed by atoms with Gasteiger partial charge in [0.25, 0.3) is 0 Å². The fourth-order valence-electron chi connectivity index (χ4n) is 3.44. The van der Waals surface area contributed by atoms with Crippen LogP contribution in [0.3, 0.4) is 0 Å². The molecule has 130 valence electrons. The van der Waals surface area contributed by atoms with Crippen molar-refractivity contribution in [3.63, 3.8) is 0 Å². The molecule has 0 saturated carbocycles. The smallest absolute Gasteiger partial charge is 0.231 e. The average Bonchev–Trinajstić information content (AvgIpc) is 3.23. The summed E-state index contributed by atoms with van der Waals surface area (Å²) in [6, 6.07) is 11.8. The zero-order valence-electron chi connectivity index (χ0n) is 14.4. The molecule has 0 amide bonds. The van der Waals surface area contributed by atoms with E-state index in [-0.39, 0.29) is 6.79 Å². The summed E-state index contributed by atoms with van der Waals surface area (Å²) in [5.74, 6) is 2.45. The first kappa shape index (κ1) is 15.0. The minimum Gasteiger partial charge on any atom is -0.454 e. The Morgan fingerprint density at radius 3 is 2.65 bits per heavy atom. The Kier molecular flexibility index (Phi) is 3.25. The van der Waals surface area contributed by atoms with Crippen molar-refractivity contribution >= 4 is 11.4 Å².